The number of nitrogens with one attached hydrogen (secondary N) is 1. The number of hydrogen-bond acceptors (Lipinski definition) is 3. The van der Waals surface area contributed by atoms with Gasteiger partial charge < -0.3 is 5.32 Å². The molecule has 4 nitrogen and oxygen atoms in total. The second-order valence-corrected chi connectivity index (χ2v) is 8.90. The summed E-state index contributed by atoms with van der Waals surface area (Å²) in [5.74, 6) is 0. The highest BCUT2D eigenvalue weighted by Crippen LogP contribution is 2.33. The Bertz CT molecular complexity index is 1270. The standard InChI is InChI=1S/C23H20N2O2S/c26-28(27,20-11-10-17-12-13-24-15-19(17)14-20)25-16-22(18-6-2-1-3-7-18)21-8-4-5-9-23(21)25/h1-11,14,16,24H,12-13,15H2. The Balaban J connectivity index is 1.71. The first-order valence-corrected chi connectivity index (χ1v) is 10.8. The lowest BCUT2D eigenvalue weighted by molar-refractivity contribution is 0.588. The van der Waals surface area contributed by atoms with Crippen LogP contribution in [0.1, 0.15) is 11.1 Å². The molecule has 0 atom stereocenters. The third-order valence-corrected chi connectivity index (χ3v) is 7.05. The van der Waals surface area contributed by atoms with E-state index in [2.05, 4.69) is 5.32 Å². The topological polar surface area (TPSA) is 51.1 Å². The highest BCUT2D eigenvalue weighted by Gasteiger charge is 2.23. The second kappa shape index (κ2) is 6.62. The third kappa shape index (κ3) is 2.75. The maximum absolute atomic E-state index is 13.5. The summed E-state index contributed by atoms with van der Waals surface area (Å²) in [4.78, 5) is 0.329. The van der Waals surface area contributed by atoms with Gasteiger partial charge in [-0.2, -0.15) is 0 Å². The van der Waals surface area contributed by atoms with E-state index in [1.807, 2.05) is 66.7 Å². The molecule has 0 bridgehead atoms. The summed E-state index contributed by atoms with van der Waals surface area (Å²) in [5.41, 5.74) is 4.89. The van der Waals surface area contributed by atoms with E-state index in [1.54, 1.807) is 12.3 Å². The fourth-order valence-electron chi connectivity index (χ4n) is 3.93. The molecule has 5 rings (SSSR count). The summed E-state index contributed by atoms with van der Waals surface area (Å²) in [6.45, 7) is 1.64. The zero-order valence-electron chi connectivity index (χ0n) is 15.3. The average Bonchev–Trinajstić information content (AvgIpc) is 3.14. The van der Waals surface area contributed by atoms with Crippen molar-refractivity contribution in [1.82, 2.24) is 9.29 Å². The van der Waals surface area contributed by atoms with Crippen molar-refractivity contribution in [2.24, 2.45) is 0 Å². The van der Waals surface area contributed by atoms with Gasteiger partial charge in [0.25, 0.3) is 10.0 Å². The average molecular weight is 388 g/mol. The van der Waals surface area contributed by atoms with Crippen LogP contribution in [0, 0.1) is 0 Å². The van der Waals surface area contributed by atoms with Crippen molar-refractivity contribution in [1.29, 1.82) is 0 Å². The number of hydrogen-bond donors (Lipinski definition) is 1. The molecule has 0 spiro atoms. The monoisotopic (exact) mass is 388 g/mol. The van der Waals surface area contributed by atoms with Crippen LogP contribution in [0.3, 0.4) is 0 Å². The molecule has 0 fully saturated rings. The first-order chi connectivity index (χ1) is 13.6. The molecule has 28 heavy (non-hydrogen) atoms. The summed E-state index contributed by atoms with van der Waals surface area (Å²) < 4.78 is 28.5. The van der Waals surface area contributed by atoms with Crippen molar-refractivity contribution in [2.75, 3.05) is 6.54 Å². The third-order valence-electron chi connectivity index (χ3n) is 5.38. The number of rotatable bonds is 3. The predicted molar refractivity (Wildman–Crippen MR) is 112 cm³/mol. The smallest absolute Gasteiger partial charge is 0.268 e. The SMILES string of the molecule is O=S(=O)(c1ccc2c(c1)CNCC2)n1cc(-c2ccccc2)c2ccccc21. The van der Waals surface area contributed by atoms with E-state index in [4.69, 9.17) is 0 Å². The molecule has 0 unspecified atom stereocenters. The lowest BCUT2D eigenvalue weighted by atomic mass is 10.0. The molecule has 140 valence electrons. The van der Waals surface area contributed by atoms with E-state index in [9.17, 15) is 8.42 Å². The van der Waals surface area contributed by atoms with Crippen molar-refractivity contribution < 1.29 is 8.42 Å². The Morgan fingerprint density at radius 1 is 0.857 bits per heavy atom. The fraction of sp³-hybridized carbons (Fsp3) is 0.130. The van der Waals surface area contributed by atoms with Gasteiger partial charge in [0.2, 0.25) is 0 Å². The van der Waals surface area contributed by atoms with Crippen LogP contribution in [-0.2, 0) is 23.0 Å². The molecule has 2 heterocycles. The largest absolute Gasteiger partial charge is 0.312 e. The number of aromatic nitrogens is 1. The lowest BCUT2D eigenvalue weighted by Gasteiger charge is -2.18. The second-order valence-electron chi connectivity index (χ2n) is 7.08. The normalized spacial score (nSPS) is 14.1. The highest BCUT2D eigenvalue weighted by molar-refractivity contribution is 7.90. The van der Waals surface area contributed by atoms with Gasteiger partial charge in [0, 0.05) is 23.7 Å². The molecule has 1 aliphatic heterocycles. The summed E-state index contributed by atoms with van der Waals surface area (Å²) in [7, 11) is -3.70. The maximum Gasteiger partial charge on any atom is 0.268 e. The summed E-state index contributed by atoms with van der Waals surface area (Å²) in [6, 6.07) is 23.0. The molecule has 3 aromatic carbocycles. The van der Waals surface area contributed by atoms with Gasteiger partial charge in [-0.15, -0.1) is 0 Å². The van der Waals surface area contributed by atoms with Gasteiger partial charge in [-0.3, -0.25) is 0 Å². The van der Waals surface area contributed by atoms with Gasteiger partial charge in [-0.05, 0) is 47.9 Å². The maximum atomic E-state index is 13.5. The molecule has 1 aromatic heterocycles. The molecule has 0 amide bonds. The van der Waals surface area contributed by atoms with Crippen molar-refractivity contribution in [3.05, 3.63) is 90.1 Å². The number of benzene rings is 3. The van der Waals surface area contributed by atoms with Crippen LogP contribution in [0.4, 0.5) is 0 Å². The number of para-hydroxylation sites is 1. The molecule has 0 aliphatic carbocycles. The van der Waals surface area contributed by atoms with E-state index in [1.165, 1.54) is 9.54 Å². The zero-order valence-corrected chi connectivity index (χ0v) is 16.1. The molecular weight excluding hydrogens is 368 g/mol. The van der Waals surface area contributed by atoms with Gasteiger partial charge in [0.1, 0.15) is 0 Å². The minimum Gasteiger partial charge on any atom is -0.312 e. The lowest BCUT2D eigenvalue weighted by Crippen LogP contribution is -2.24. The molecular formula is C23H20N2O2S. The van der Waals surface area contributed by atoms with Crippen molar-refractivity contribution >= 4 is 20.9 Å². The van der Waals surface area contributed by atoms with Crippen LogP contribution in [0.25, 0.3) is 22.0 Å². The Hall–Kier alpha value is -2.89. The molecule has 0 radical (unpaired) electrons. The van der Waals surface area contributed by atoms with Crippen LogP contribution in [0.2, 0.25) is 0 Å². The van der Waals surface area contributed by atoms with E-state index in [0.717, 1.165) is 35.0 Å². The quantitative estimate of drug-likeness (QED) is 0.573. The van der Waals surface area contributed by atoms with E-state index in [0.29, 0.717) is 17.0 Å². The van der Waals surface area contributed by atoms with Crippen LogP contribution < -0.4 is 5.32 Å². The minimum absolute atomic E-state index is 0.329. The summed E-state index contributed by atoms with van der Waals surface area (Å²) in [5, 5.41) is 4.24. The van der Waals surface area contributed by atoms with Gasteiger partial charge in [-0.25, -0.2) is 12.4 Å². The Morgan fingerprint density at radius 3 is 2.50 bits per heavy atom. The zero-order chi connectivity index (χ0) is 19.1. The molecule has 0 saturated carbocycles. The van der Waals surface area contributed by atoms with Gasteiger partial charge >= 0.3 is 0 Å². The molecule has 5 heteroatoms. The van der Waals surface area contributed by atoms with Crippen LogP contribution in [-0.4, -0.2) is 18.9 Å². The molecule has 4 aromatic rings. The molecule has 1 N–H and O–H groups in total. The van der Waals surface area contributed by atoms with Crippen LogP contribution in [0.15, 0.2) is 83.9 Å². The van der Waals surface area contributed by atoms with Gasteiger partial charge in [0.15, 0.2) is 0 Å². The number of nitrogens with zero attached hydrogens (tertiary/aromatic N) is 1. The number of fused-ring (bicyclic) bond motifs is 2. The first kappa shape index (κ1) is 17.2. The van der Waals surface area contributed by atoms with Crippen LogP contribution in [0.5, 0.6) is 0 Å². The minimum atomic E-state index is -3.70. The highest BCUT2D eigenvalue weighted by atomic mass is 32.2. The fourth-order valence-corrected chi connectivity index (χ4v) is 5.35. The Labute approximate surface area is 164 Å². The molecule has 1 aliphatic rings. The van der Waals surface area contributed by atoms with Crippen molar-refractivity contribution in [3.63, 3.8) is 0 Å². The van der Waals surface area contributed by atoms with Crippen molar-refractivity contribution in [3.8, 4) is 11.1 Å². The Morgan fingerprint density at radius 2 is 1.64 bits per heavy atom. The Kier molecular flexibility index (Phi) is 4.07. The molecule has 0 saturated heterocycles. The van der Waals surface area contributed by atoms with E-state index in [-0.39, 0.29) is 0 Å². The van der Waals surface area contributed by atoms with Gasteiger partial charge in [0.05, 0.1) is 10.4 Å². The first-order valence-electron chi connectivity index (χ1n) is 9.38. The summed E-state index contributed by atoms with van der Waals surface area (Å²) >= 11 is 0. The van der Waals surface area contributed by atoms with Gasteiger partial charge in [-0.1, -0.05) is 54.6 Å². The summed E-state index contributed by atoms with van der Waals surface area (Å²) in [6.07, 6.45) is 2.67. The van der Waals surface area contributed by atoms with Crippen LogP contribution >= 0.6 is 0 Å². The van der Waals surface area contributed by atoms with Crippen molar-refractivity contribution in [2.45, 2.75) is 17.9 Å². The van der Waals surface area contributed by atoms with E-state index < -0.39 is 10.0 Å². The van der Waals surface area contributed by atoms with E-state index >= 15 is 0 Å². The predicted octanol–water partition coefficient (Wildman–Crippen LogP) is 4.19.